The third-order valence-corrected chi connectivity index (χ3v) is 3.38. The van der Waals surface area contributed by atoms with Gasteiger partial charge in [0.1, 0.15) is 5.82 Å². The Morgan fingerprint density at radius 1 is 1.11 bits per heavy atom. The molecule has 0 fully saturated rings. The largest absolute Gasteiger partial charge is 0.399 e. The van der Waals surface area contributed by atoms with Crippen LogP contribution in [0.25, 0.3) is 5.65 Å². The van der Waals surface area contributed by atoms with Gasteiger partial charge in [-0.3, -0.25) is 4.40 Å². The van der Waals surface area contributed by atoms with Crippen LogP contribution in [0, 0.1) is 0 Å². The van der Waals surface area contributed by atoms with Gasteiger partial charge in [-0.25, -0.2) is 0 Å². The molecular formula is C15H16N4. The van der Waals surface area contributed by atoms with E-state index >= 15 is 0 Å². The van der Waals surface area contributed by atoms with Crippen molar-refractivity contribution in [2.75, 3.05) is 5.73 Å². The molecule has 1 aromatic carbocycles. The van der Waals surface area contributed by atoms with E-state index in [1.807, 2.05) is 40.9 Å². The minimum atomic E-state index is 0.383. The Kier molecular flexibility index (Phi) is 2.91. The maximum absolute atomic E-state index is 5.71. The molecule has 0 aliphatic rings. The van der Waals surface area contributed by atoms with Crippen LogP contribution in [0.2, 0.25) is 0 Å². The number of benzene rings is 1. The highest BCUT2D eigenvalue weighted by Gasteiger charge is 2.11. The molecule has 0 saturated carbocycles. The molecule has 19 heavy (non-hydrogen) atoms. The minimum absolute atomic E-state index is 0.383. The van der Waals surface area contributed by atoms with Gasteiger partial charge in [0.25, 0.3) is 0 Å². The van der Waals surface area contributed by atoms with Crippen LogP contribution in [-0.2, 0) is 6.42 Å². The van der Waals surface area contributed by atoms with Gasteiger partial charge < -0.3 is 5.73 Å². The maximum Gasteiger partial charge on any atom is 0.160 e. The van der Waals surface area contributed by atoms with Crippen LogP contribution in [-0.4, -0.2) is 14.6 Å². The zero-order valence-electron chi connectivity index (χ0n) is 10.8. The highest BCUT2D eigenvalue weighted by Crippen LogP contribution is 2.20. The first kappa shape index (κ1) is 11.7. The summed E-state index contributed by atoms with van der Waals surface area (Å²) in [6.07, 6.45) is 2.86. The van der Waals surface area contributed by atoms with Crippen molar-refractivity contribution < 1.29 is 0 Å². The van der Waals surface area contributed by atoms with Crippen molar-refractivity contribution in [3.05, 3.63) is 60.0 Å². The topological polar surface area (TPSA) is 56.2 Å². The number of pyridine rings is 1. The third-order valence-electron chi connectivity index (χ3n) is 3.38. The average Bonchev–Trinajstić information content (AvgIpc) is 2.83. The Bertz CT molecular complexity index is 685. The van der Waals surface area contributed by atoms with E-state index in [2.05, 4.69) is 29.3 Å². The standard InChI is InChI=1S/C15H16N4/c1-11(12-5-7-13(16)8-6-12)10-15-18-17-14-4-2-3-9-19(14)15/h2-9,11H,10,16H2,1H3. The first-order chi connectivity index (χ1) is 9.24. The number of anilines is 1. The molecule has 4 heteroatoms. The molecule has 0 amide bonds. The molecular weight excluding hydrogens is 236 g/mol. The summed E-state index contributed by atoms with van der Waals surface area (Å²) in [5.41, 5.74) is 8.66. The Hall–Kier alpha value is -2.36. The van der Waals surface area contributed by atoms with E-state index in [1.165, 1.54) is 5.56 Å². The summed E-state index contributed by atoms with van der Waals surface area (Å²) in [5.74, 6) is 1.37. The van der Waals surface area contributed by atoms with Crippen molar-refractivity contribution in [3.8, 4) is 0 Å². The van der Waals surface area contributed by atoms with E-state index < -0.39 is 0 Å². The SMILES string of the molecule is CC(Cc1nnc2ccccn12)c1ccc(N)cc1. The van der Waals surface area contributed by atoms with Crippen molar-refractivity contribution in [1.29, 1.82) is 0 Å². The van der Waals surface area contributed by atoms with E-state index in [-0.39, 0.29) is 0 Å². The summed E-state index contributed by atoms with van der Waals surface area (Å²) < 4.78 is 2.04. The van der Waals surface area contributed by atoms with Crippen molar-refractivity contribution >= 4 is 11.3 Å². The fraction of sp³-hybridized carbons (Fsp3) is 0.200. The predicted octanol–water partition coefficient (Wildman–Crippen LogP) is 2.66. The molecule has 3 aromatic rings. The number of aromatic nitrogens is 3. The second-order valence-corrected chi connectivity index (χ2v) is 4.82. The summed E-state index contributed by atoms with van der Waals surface area (Å²) in [4.78, 5) is 0. The van der Waals surface area contributed by atoms with E-state index in [4.69, 9.17) is 5.73 Å². The molecule has 2 N–H and O–H groups in total. The quantitative estimate of drug-likeness (QED) is 0.729. The molecule has 1 unspecified atom stereocenters. The van der Waals surface area contributed by atoms with Crippen molar-refractivity contribution in [2.45, 2.75) is 19.3 Å². The van der Waals surface area contributed by atoms with Gasteiger partial charge in [-0.15, -0.1) is 10.2 Å². The fourth-order valence-corrected chi connectivity index (χ4v) is 2.25. The van der Waals surface area contributed by atoms with Crippen molar-refractivity contribution in [2.24, 2.45) is 0 Å². The number of nitrogens with zero attached hydrogens (tertiary/aromatic N) is 3. The molecule has 0 aliphatic carbocycles. The van der Waals surface area contributed by atoms with Crippen LogP contribution in [0.15, 0.2) is 48.7 Å². The molecule has 0 radical (unpaired) electrons. The maximum atomic E-state index is 5.71. The van der Waals surface area contributed by atoms with Crippen LogP contribution in [0.4, 0.5) is 5.69 Å². The molecule has 0 aliphatic heterocycles. The number of hydrogen-bond acceptors (Lipinski definition) is 3. The molecule has 4 nitrogen and oxygen atoms in total. The first-order valence-electron chi connectivity index (χ1n) is 6.38. The molecule has 2 aromatic heterocycles. The van der Waals surface area contributed by atoms with E-state index in [0.29, 0.717) is 5.92 Å². The van der Waals surface area contributed by atoms with Crippen LogP contribution in [0.5, 0.6) is 0 Å². The van der Waals surface area contributed by atoms with Gasteiger partial charge in [-0.05, 0) is 35.7 Å². The van der Waals surface area contributed by atoms with Crippen molar-refractivity contribution in [1.82, 2.24) is 14.6 Å². The summed E-state index contributed by atoms with van der Waals surface area (Å²) in [6.45, 7) is 2.19. The Morgan fingerprint density at radius 3 is 2.68 bits per heavy atom. The van der Waals surface area contributed by atoms with Gasteiger partial charge >= 0.3 is 0 Å². The zero-order chi connectivity index (χ0) is 13.2. The second kappa shape index (κ2) is 4.72. The van der Waals surface area contributed by atoms with Gasteiger partial charge in [0.15, 0.2) is 5.65 Å². The van der Waals surface area contributed by atoms with E-state index in [1.54, 1.807) is 0 Å². The average molecular weight is 252 g/mol. The van der Waals surface area contributed by atoms with Crippen molar-refractivity contribution in [3.63, 3.8) is 0 Å². The second-order valence-electron chi connectivity index (χ2n) is 4.82. The summed E-state index contributed by atoms with van der Waals surface area (Å²) in [5, 5.41) is 8.44. The lowest BCUT2D eigenvalue weighted by Gasteiger charge is -2.10. The zero-order valence-corrected chi connectivity index (χ0v) is 10.8. The van der Waals surface area contributed by atoms with Gasteiger partial charge in [0.05, 0.1) is 0 Å². The molecule has 96 valence electrons. The lowest BCUT2D eigenvalue weighted by molar-refractivity contribution is 0.710. The van der Waals surface area contributed by atoms with Gasteiger partial charge in [0.2, 0.25) is 0 Å². The fourth-order valence-electron chi connectivity index (χ4n) is 2.25. The molecule has 2 heterocycles. The Labute approximate surface area is 111 Å². The minimum Gasteiger partial charge on any atom is -0.399 e. The van der Waals surface area contributed by atoms with E-state index in [0.717, 1.165) is 23.6 Å². The van der Waals surface area contributed by atoms with Crippen LogP contribution in [0.1, 0.15) is 24.2 Å². The molecule has 0 saturated heterocycles. The molecule has 0 spiro atoms. The number of rotatable bonds is 3. The molecule has 3 rings (SSSR count). The summed E-state index contributed by atoms with van der Waals surface area (Å²) in [6, 6.07) is 13.9. The summed E-state index contributed by atoms with van der Waals surface area (Å²) in [7, 11) is 0. The normalized spacial score (nSPS) is 12.7. The van der Waals surface area contributed by atoms with Crippen LogP contribution < -0.4 is 5.73 Å². The highest BCUT2D eigenvalue weighted by molar-refractivity contribution is 5.41. The first-order valence-corrected chi connectivity index (χ1v) is 6.38. The number of nitrogen functional groups attached to an aromatic ring is 1. The highest BCUT2D eigenvalue weighted by atomic mass is 15.2. The number of hydrogen-bond donors (Lipinski definition) is 1. The van der Waals surface area contributed by atoms with Crippen LogP contribution in [0.3, 0.4) is 0 Å². The monoisotopic (exact) mass is 252 g/mol. The van der Waals surface area contributed by atoms with E-state index in [9.17, 15) is 0 Å². The number of nitrogens with two attached hydrogens (primary N) is 1. The van der Waals surface area contributed by atoms with Gasteiger partial charge in [0, 0.05) is 18.3 Å². The molecule has 0 bridgehead atoms. The van der Waals surface area contributed by atoms with Crippen LogP contribution >= 0.6 is 0 Å². The summed E-state index contributed by atoms with van der Waals surface area (Å²) >= 11 is 0. The third kappa shape index (κ3) is 2.29. The predicted molar refractivity (Wildman–Crippen MR) is 76.0 cm³/mol. The lowest BCUT2D eigenvalue weighted by Crippen LogP contribution is -2.03. The Morgan fingerprint density at radius 2 is 1.89 bits per heavy atom. The lowest BCUT2D eigenvalue weighted by atomic mass is 9.97. The van der Waals surface area contributed by atoms with Gasteiger partial charge in [-0.2, -0.15) is 0 Å². The molecule has 1 atom stereocenters. The smallest absolute Gasteiger partial charge is 0.160 e. The Balaban J connectivity index is 1.86. The van der Waals surface area contributed by atoms with Gasteiger partial charge in [-0.1, -0.05) is 25.1 Å². The number of fused-ring (bicyclic) bond motifs is 1.